The van der Waals surface area contributed by atoms with E-state index in [1.165, 1.54) is 38.5 Å². The third kappa shape index (κ3) is 2.78. The normalized spacial score (nSPS) is 41.5. The fourth-order valence-electron chi connectivity index (χ4n) is 5.67. The SMILES string of the molecule is CCCCCCCCC1C2CC3CC(C2)CC1C3. The lowest BCUT2D eigenvalue weighted by molar-refractivity contribution is -0.0404. The summed E-state index contributed by atoms with van der Waals surface area (Å²) in [5.74, 6) is 5.80. The highest BCUT2D eigenvalue weighted by molar-refractivity contribution is 4.97. The first kappa shape index (κ1) is 13.0. The van der Waals surface area contributed by atoms with Crippen molar-refractivity contribution in [2.75, 3.05) is 0 Å². The predicted octanol–water partition coefficient (Wildman–Crippen LogP) is 5.81. The zero-order valence-electron chi connectivity index (χ0n) is 12.4. The van der Waals surface area contributed by atoms with Gasteiger partial charge in [-0.3, -0.25) is 0 Å². The molecule has 4 bridgehead atoms. The summed E-state index contributed by atoms with van der Waals surface area (Å²) in [7, 11) is 0. The average Bonchev–Trinajstić information content (AvgIpc) is 2.35. The van der Waals surface area contributed by atoms with Crippen molar-refractivity contribution in [3.05, 3.63) is 0 Å². The lowest BCUT2D eigenvalue weighted by atomic mass is 9.51. The van der Waals surface area contributed by atoms with E-state index < -0.39 is 0 Å². The summed E-state index contributed by atoms with van der Waals surface area (Å²) in [6, 6.07) is 0. The molecule has 0 aromatic heterocycles. The molecule has 0 nitrogen and oxygen atoms in total. The van der Waals surface area contributed by atoms with E-state index >= 15 is 0 Å². The van der Waals surface area contributed by atoms with Crippen molar-refractivity contribution in [2.45, 2.75) is 84.0 Å². The number of unbranched alkanes of at least 4 members (excludes halogenated alkanes) is 5. The summed E-state index contributed by atoms with van der Waals surface area (Å²) in [5.41, 5.74) is 0. The van der Waals surface area contributed by atoms with Crippen LogP contribution in [-0.2, 0) is 0 Å². The fraction of sp³-hybridized carbons (Fsp3) is 1.00. The lowest BCUT2D eigenvalue weighted by Crippen LogP contribution is -2.44. The van der Waals surface area contributed by atoms with Gasteiger partial charge in [0, 0.05) is 0 Å². The van der Waals surface area contributed by atoms with Crippen molar-refractivity contribution < 1.29 is 0 Å². The van der Waals surface area contributed by atoms with E-state index in [1.54, 1.807) is 38.5 Å². The number of hydrogen-bond donors (Lipinski definition) is 0. The zero-order chi connectivity index (χ0) is 12.4. The highest BCUT2D eigenvalue weighted by Gasteiger charge is 2.47. The number of rotatable bonds is 7. The number of hydrogen-bond acceptors (Lipinski definition) is 0. The van der Waals surface area contributed by atoms with Crippen LogP contribution in [0.1, 0.15) is 84.0 Å². The van der Waals surface area contributed by atoms with Crippen molar-refractivity contribution in [1.82, 2.24) is 0 Å². The molecule has 0 heterocycles. The summed E-state index contributed by atoms with van der Waals surface area (Å²) in [6.45, 7) is 2.31. The Bertz CT molecular complexity index is 227. The molecule has 4 saturated carbocycles. The van der Waals surface area contributed by atoms with Crippen LogP contribution < -0.4 is 0 Å². The molecule has 0 aromatic carbocycles. The van der Waals surface area contributed by atoms with Crippen molar-refractivity contribution in [3.8, 4) is 0 Å². The fourth-order valence-corrected chi connectivity index (χ4v) is 5.67. The molecule has 0 saturated heterocycles. The molecular formula is C18H32. The highest BCUT2D eigenvalue weighted by atomic mass is 14.5. The van der Waals surface area contributed by atoms with Gasteiger partial charge in [0.05, 0.1) is 0 Å². The van der Waals surface area contributed by atoms with E-state index in [4.69, 9.17) is 0 Å². The van der Waals surface area contributed by atoms with Crippen LogP contribution in [0.5, 0.6) is 0 Å². The molecule has 0 radical (unpaired) electrons. The van der Waals surface area contributed by atoms with E-state index in [9.17, 15) is 0 Å². The maximum atomic E-state index is 2.31. The third-order valence-electron chi connectivity index (χ3n) is 6.31. The van der Waals surface area contributed by atoms with Gasteiger partial charge in [-0.05, 0) is 68.1 Å². The molecule has 0 unspecified atom stereocenters. The summed E-state index contributed by atoms with van der Waals surface area (Å²) in [6.07, 6.45) is 18.5. The van der Waals surface area contributed by atoms with Gasteiger partial charge in [0.1, 0.15) is 0 Å². The van der Waals surface area contributed by atoms with Crippen LogP contribution >= 0.6 is 0 Å². The first-order valence-corrected chi connectivity index (χ1v) is 8.86. The minimum Gasteiger partial charge on any atom is -0.0654 e. The second-order valence-electron chi connectivity index (χ2n) is 7.65. The van der Waals surface area contributed by atoms with Gasteiger partial charge in [0.15, 0.2) is 0 Å². The van der Waals surface area contributed by atoms with Gasteiger partial charge in [-0.2, -0.15) is 0 Å². The van der Waals surface area contributed by atoms with Gasteiger partial charge in [0.25, 0.3) is 0 Å². The monoisotopic (exact) mass is 248 g/mol. The van der Waals surface area contributed by atoms with Crippen LogP contribution in [0.25, 0.3) is 0 Å². The molecule has 0 atom stereocenters. The highest BCUT2D eigenvalue weighted by Crippen LogP contribution is 2.57. The second-order valence-corrected chi connectivity index (χ2v) is 7.65. The Morgan fingerprint density at radius 1 is 0.667 bits per heavy atom. The maximum Gasteiger partial charge on any atom is -0.0357 e. The first-order chi connectivity index (χ1) is 8.86. The van der Waals surface area contributed by atoms with Crippen LogP contribution in [0.3, 0.4) is 0 Å². The molecule has 4 rings (SSSR count). The largest absolute Gasteiger partial charge is 0.0654 e. The van der Waals surface area contributed by atoms with Crippen molar-refractivity contribution in [1.29, 1.82) is 0 Å². The van der Waals surface area contributed by atoms with Crippen molar-refractivity contribution in [3.63, 3.8) is 0 Å². The predicted molar refractivity (Wildman–Crippen MR) is 78.5 cm³/mol. The first-order valence-electron chi connectivity index (χ1n) is 8.86. The molecular weight excluding hydrogens is 216 g/mol. The van der Waals surface area contributed by atoms with Gasteiger partial charge >= 0.3 is 0 Å². The summed E-state index contributed by atoms with van der Waals surface area (Å²) in [4.78, 5) is 0. The molecule has 0 amide bonds. The molecule has 0 aliphatic heterocycles. The van der Waals surface area contributed by atoms with Gasteiger partial charge < -0.3 is 0 Å². The Balaban J connectivity index is 1.38. The zero-order valence-corrected chi connectivity index (χ0v) is 12.4. The van der Waals surface area contributed by atoms with Crippen LogP contribution in [0.4, 0.5) is 0 Å². The van der Waals surface area contributed by atoms with E-state index in [2.05, 4.69) is 6.92 Å². The average molecular weight is 248 g/mol. The molecule has 0 spiro atoms. The Labute approximate surface area is 114 Å². The third-order valence-corrected chi connectivity index (χ3v) is 6.31. The quantitative estimate of drug-likeness (QED) is 0.499. The van der Waals surface area contributed by atoms with Crippen LogP contribution in [0.2, 0.25) is 0 Å². The Morgan fingerprint density at radius 2 is 1.22 bits per heavy atom. The van der Waals surface area contributed by atoms with Gasteiger partial charge in [-0.25, -0.2) is 0 Å². The Hall–Kier alpha value is 0. The molecule has 4 aliphatic carbocycles. The van der Waals surface area contributed by atoms with Crippen molar-refractivity contribution in [2.24, 2.45) is 29.6 Å². The minimum absolute atomic E-state index is 1.16. The molecule has 0 N–H and O–H groups in total. The van der Waals surface area contributed by atoms with Crippen LogP contribution in [0.15, 0.2) is 0 Å². The molecule has 18 heavy (non-hydrogen) atoms. The van der Waals surface area contributed by atoms with Crippen LogP contribution in [-0.4, -0.2) is 0 Å². The smallest absolute Gasteiger partial charge is 0.0357 e. The summed E-state index contributed by atoms with van der Waals surface area (Å²) in [5, 5.41) is 0. The Morgan fingerprint density at radius 3 is 1.83 bits per heavy atom. The maximum absolute atomic E-state index is 2.31. The summed E-state index contributed by atoms with van der Waals surface area (Å²) < 4.78 is 0. The van der Waals surface area contributed by atoms with Gasteiger partial charge in [-0.15, -0.1) is 0 Å². The molecule has 4 fully saturated rings. The van der Waals surface area contributed by atoms with Crippen LogP contribution in [0, 0.1) is 29.6 Å². The topological polar surface area (TPSA) is 0 Å². The molecule has 104 valence electrons. The van der Waals surface area contributed by atoms with E-state index in [1.807, 2.05) is 0 Å². The standard InChI is InChI=1S/C18H32/c1-2-3-4-5-6-7-8-18-16-10-14-9-15(12-16)13-17(18)11-14/h14-18H,2-13H2,1H3. The molecule has 0 heteroatoms. The van der Waals surface area contributed by atoms with E-state index in [0.29, 0.717) is 0 Å². The Kier molecular flexibility index (Phi) is 4.31. The van der Waals surface area contributed by atoms with Crippen molar-refractivity contribution >= 4 is 0 Å². The second kappa shape index (κ2) is 5.97. The molecule has 0 aromatic rings. The minimum atomic E-state index is 1.16. The van der Waals surface area contributed by atoms with Gasteiger partial charge in [0.2, 0.25) is 0 Å². The van der Waals surface area contributed by atoms with E-state index in [0.717, 1.165) is 29.6 Å². The molecule has 4 aliphatic rings. The van der Waals surface area contributed by atoms with Gasteiger partial charge in [-0.1, -0.05) is 45.4 Å². The van der Waals surface area contributed by atoms with E-state index in [-0.39, 0.29) is 0 Å². The summed E-state index contributed by atoms with van der Waals surface area (Å²) >= 11 is 0. The lowest BCUT2D eigenvalue weighted by Gasteiger charge is -2.54.